The van der Waals surface area contributed by atoms with Crippen LogP contribution in [0.2, 0.25) is 0 Å². The third kappa shape index (κ3) is 3.31. The van der Waals surface area contributed by atoms with E-state index in [4.69, 9.17) is 35.4 Å². The van der Waals surface area contributed by atoms with E-state index in [1.165, 1.54) is 0 Å². The Bertz CT molecular complexity index is 553. The number of para-hydroxylation sites is 1. The van der Waals surface area contributed by atoms with Gasteiger partial charge in [0.15, 0.2) is 5.11 Å². The van der Waals surface area contributed by atoms with E-state index in [-0.39, 0.29) is 24.2 Å². The van der Waals surface area contributed by atoms with Gasteiger partial charge in [0, 0.05) is 12.2 Å². The molecule has 0 heterocycles. The van der Waals surface area contributed by atoms with Gasteiger partial charge in [-0.25, -0.2) is 0 Å². The lowest BCUT2D eigenvalue weighted by molar-refractivity contribution is -0.124. The van der Waals surface area contributed by atoms with Crippen LogP contribution in [0.5, 0.6) is 0 Å². The minimum absolute atomic E-state index is 0.0862. The van der Waals surface area contributed by atoms with Crippen molar-refractivity contribution in [2.45, 2.75) is 17.7 Å². The summed E-state index contributed by atoms with van der Waals surface area (Å²) >= 11 is 17.3. The Morgan fingerprint density at radius 2 is 2.00 bits per heavy atom. The second-order valence-electron chi connectivity index (χ2n) is 5.18. The number of hydrogen-bond acceptors (Lipinski definition) is 3. The number of thiocarbonyl (C=S) groups is 1. The van der Waals surface area contributed by atoms with E-state index in [0.717, 1.165) is 5.69 Å². The van der Waals surface area contributed by atoms with Crippen molar-refractivity contribution >= 4 is 52.1 Å². The maximum absolute atomic E-state index is 12.2. The molecule has 0 spiro atoms. The van der Waals surface area contributed by atoms with Crippen molar-refractivity contribution in [3.63, 3.8) is 0 Å². The molecule has 0 radical (unpaired) electrons. The smallest absolute Gasteiger partial charge is 0.235 e. The molecule has 0 aromatic heterocycles. The van der Waals surface area contributed by atoms with Crippen molar-refractivity contribution < 1.29 is 9.90 Å². The highest BCUT2D eigenvalue weighted by Crippen LogP contribution is 2.63. The number of benzene rings is 1. The summed E-state index contributed by atoms with van der Waals surface area (Å²) in [7, 11) is 0. The molecule has 114 valence electrons. The first-order valence-electron chi connectivity index (χ1n) is 6.48. The van der Waals surface area contributed by atoms with E-state index in [1.54, 1.807) is 11.8 Å². The molecule has 1 fully saturated rings. The molecule has 1 aromatic carbocycles. The first-order chi connectivity index (χ1) is 9.82. The largest absolute Gasteiger partial charge is 0.395 e. The molecule has 1 aromatic rings. The highest BCUT2D eigenvalue weighted by Gasteiger charge is 2.68. The fraction of sp³-hybridized carbons (Fsp3) is 0.429. The van der Waals surface area contributed by atoms with Crippen LogP contribution in [0.3, 0.4) is 0 Å². The summed E-state index contributed by atoms with van der Waals surface area (Å²) < 4.78 is -1.04. The van der Waals surface area contributed by atoms with Crippen molar-refractivity contribution in [3.05, 3.63) is 30.3 Å². The molecule has 1 amide bonds. The molecule has 0 saturated heterocycles. The van der Waals surface area contributed by atoms with Crippen LogP contribution in [0.25, 0.3) is 0 Å². The Morgan fingerprint density at radius 1 is 1.43 bits per heavy atom. The monoisotopic (exact) mass is 346 g/mol. The summed E-state index contributed by atoms with van der Waals surface area (Å²) in [5.41, 5.74) is -0.0392. The quantitative estimate of drug-likeness (QED) is 0.649. The number of hydrogen-bond donors (Lipinski definition) is 2. The van der Waals surface area contributed by atoms with Crippen molar-refractivity contribution in [1.82, 2.24) is 5.32 Å². The minimum atomic E-state index is -1.04. The lowest BCUT2D eigenvalue weighted by Gasteiger charge is -2.25. The average molecular weight is 347 g/mol. The molecule has 7 heteroatoms. The van der Waals surface area contributed by atoms with Crippen LogP contribution >= 0.6 is 35.4 Å². The normalized spacial score (nSPS) is 22.5. The zero-order valence-electron chi connectivity index (χ0n) is 11.5. The van der Waals surface area contributed by atoms with Crippen LogP contribution < -0.4 is 10.2 Å². The lowest BCUT2D eigenvalue weighted by atomic mass is 10.1. The molecule has 1 aliphatic carbocycles. The predicted molar refractivity (Wildman–Crippen MR) is 88.8 cm³/mol. The van der Waals surface area contributed by atoms with E-state index in [9.17, 15) is 9.90 Å². The van der Waals surface area contributed by atoms with Crippen molar-refractivity contribution in [2.75, 3.05) is 18.1 Å². The summed E-state index contributed by atoms with van der Waals surface area (Å²) in [6.45, 7) is 1.90. The Hall–Kier alpha value is -0.880. The zero-order chi connectivity index (χ0) is 15.7. The highest BCUT2D eigenvalue weighted by molar-refractivity contribution is 7.80. The molecule has 0 bridgehead atoms. The molecule has 0 aliphatic heterocycles. The number of nitrogens with one attached hydrogen (secondary N) is 1. The summed E-state index contributed by atoms with van der Waals surface area (Å²) in [5, 5.41) is 12.1. The molecule has 4 nitrogen and oxygen atoms in total. The number of nitrogens with zero attached hydrogens (tertiary/aromatic N) is 1. The Morgan fingerprint density at radius 3 is 2.48 bits per heavy atom. The molecule has 21 heavy (non-hydrogen) atoms. The van der Waals surface area contributed by atoms with Crippen molar-refractivity contribution in [3.8, 4) is 0 Å². The van der Waals surface area contributed by atoms with Crippen LogP contribution in [0.4, 0.5) is 5.69 Å². The maximum Gasteiger partial charge on any atom is 0.235 e. The molecule has 2 N–H and O–H groups in total. The second-order valence-corrected chi connectivity index (χ2v) is 7.05. The van der Waals surface area contributed by atoms with Gasteiger partial charge in [-0.1, -0.05) is 18.2 Å². The zero-order valence-corrected chi connectivity index (χ0v) is 13.8. The van der Waals surface area contributed by atoms with E-state index in [0.29, 0.717) is 6.42 Å². The molecular formula is C14H16Cl2N2O2S. The number of aliphatic hydroxyl groups excluding tert-OH is 1. The molecule has 1 saturated carbocycles. The van der Waals surface area contributed by atoms with Gasteiger partial charge in [0.2, 0.25) is 5.91 Å². The lowest BCUT2D eigenvalue weighted by Crippen LogP contribution is -2.47. The molecule has 0 unspecified atom stereocenters. The van der Waals surface area contributed by atoms with Crippen LogP contribution in [0, 0.1) is 5.41 Å². The number of anilines is 1. The van der Waals surface area contributed by atoms with E-state index < -0.39 is 9.75 Å². The summed E-state index contributed by atoms with van der Waals surface area (Å²) in [4.78, 5) is 13.9. The topological polar surface area (TPSA) is 52.6 Å². The number of alkyl halides is 2. The molecule has 1 aliphatic rings. The summed E-state index contributed by atoms with van der Waals surface area (Å²) in [5.74, 6) is -0.309. The Labute approximate surface area is 139 Å². The number of carbonyl (C=O) groups excluding carboxylic acids is 1. The number of rotatable bonds is 4. The van der Waals surface area contributed by atoms with E-state index in [1.807, 2.05) is 30.3 Å². The standard InChI is InChI=1S/C14H16Cl2N2O2S/c1-13(9-14(13,15)16)11(20)17-12(21)18(7-8-19)10-5-3-2-4-6-10/h2-6,19H,7-9H2,1H3,(H,17,20,21)/t13-/m0/s1. The minimum Gasteiger partial charge on any atom is -0.395 e. The second kappa shape index (κ2) is 6.08. The molecular weight excluding hydrogens is 331 g/mol. The van der Waals surface area contributed by atoms with Gasteiger partial charge in [-0.15, -0.1) is 23.2 Å². The summed E-state index contributed by atoms with van der Waals surface area (Å²) in [6.07, 6.45) is 0.392. The van der Waals surface area contributed by atoms with Gasteiger partial charge in [-0.3, -0.25) is 4.79 Å². The van der Waals surface area contributed by atoms with E-state index >= 15 is 0 Å². The average Bonchev–Trinajstić information content (AvgIpc) is 2.97. The Kier molecular flexibility index (Phi) is 4.78. The number of aliphatic hydroxyl groups is 1. The van der Waals surface area contributed by atoms with Gasteiger partial charge < -0.3 is 15.3 Å². The van der Waals surface area contributed by atoms with Crippen molar-refractivity contribution in [1.29, 1.82) is 0 Å². The summed E-state index contributed by atoms with van der Waals surface area (Å²) in [6, 6.07) is 9.29. The van der Waals surface area contributed by atoms with Crippen LogP contribution in [0.15, 0.2) is 30.3 Å². The van der Waals surface area contributed by atoms with Gasteiger partial charge >= 0.3 is 0 Å². The fourth-order valence-electron chi connectivity index (χ4n) is 2.00. The third-order valence-corrected chi connectivity index (χ3v) is 5.04. The van der Waals surface area contributed by atoms with Crippen LogP contribution in [-0.4, -0.2) is 33.6 Å². The van der Waals surface area contributed by atoms with Crippen molar-refractivity contribution in [2.24, 2.45) is 5.41 Å². The number of amides is 1. The first kappa shape index (κ1) is 16.5. The predicted octanol–water partition coefficient (Wildman–Crippen LogP) is 2.47. The Balaban J connectivity index is 2.08. The van der Waals surface area contributed by atoms with Gasteiger partial charge in [0.1, 0.15) is 4.33 Å². The van der Waals surface area contributed by atoms with Gasteiger partial charge in [-0.2, -0.15) is 0 Å². The van der Waals surface area contributed by atoms with Gasteiger partial charge in [0.25, 0.3) is 0 Å². The van der Waals surface area contributed by atoms with Crippen LogP contribution in [-0.2, 0) is 4.79 Å². The van der Waals surface area contributed by atoms with E-state index in [2.05, 4.69) is 5.32 Å². The first-order valence-corrected chi connectivity index (χ1v) is 7.65. The molecule has 1 atom stereocenters. The molecule has 2 rings (SSSR count). The van der Waals surface area contributed by atoms with Gasteiger partial charge in [-0.05, 0) is 37.7 Å². The van der Waals surface area contributed by atoms with Gasteiger partial charge in [0.05, 0.1) is 12.0 Å². The maximum atomic E-state index is 12.2. The highest BCUT2D eigenvalue weighted by atomic mass is 35.5. The number of halogens is 2. The van der Waals surface area contributed by atoms with Crippen LogP contribution in [0.1, 0.15) is 13.3 Å². The number of carbonyl (C=O) groups is 1. The fourth-order valence-corrected chi connectivity index (χ4v) is 3.00. The third-order valence-electron chi connectivity index (χ3n) is 3.62. The SMILES string of the molecule is C[C@@]1(C(=O)NC(=S)N(CCO)c2ccccc2)CC1(Cl)Cl.